The summed E-state index contributed by atoms with van der Waals surface area (Å²) in [5.74, 6) is 0.382. The molecule has 0 aromatic heterocycles. The standard InChI is InChI=1S/C14H16O2/c1-3-10-5-7-11(8-6-10)12-9-13(12)14(15)16-4-2/h3,5-8,12-13H,1,4,9H2,2H3/t12-,13+/m0/s1. The average Bonchev–Trinajstić information content (AvgIpc) is 3.09. The summed E-state index contributed by atoms with van der Waals surface area (Å²) < 4.78 is 5.01. The molecule has 0 aliphatic heterocycles. The molecule has 1 aromatic rings. The van der Waals surface area contributed by atoms with Gasteiger partial charge >= 0.3 is 5.97 Å². The third-order valence-electron chi connectivity index (χ3n) is 2.98. The van der Waals surface area contributed by atoms with Crippen LogP contribution < -0.4 is 0 Å². The zero-order valence-corrected chi connectivity index (χ0v) is 9.48. The first-order valence-corrected chi connectivity index (χ1v) is 5.65. The third kappa shape index (κ3) is 2.16. The number of benzene rings is 1. The van der Waals surface area contributed by atoms with E-state index in [1.165, 1.54) is 5.56 Å². The maximum atomic E-state index is 11.5. The van der Waals surface area contributed by atoms with Crippen molar-refractivity contribution >= 4 is 12.0 Å². The summed E-state index contributed by atoms with van der Waals surface area (Å²) in [5.41, 5.74) is 2.33. The highest BCUT2D eigenvalue weighted by Crippen LogP contribution is 2.48. The van der Waals surface area contributed by atoms with Crippen molar-refractivity contribution in [3.05, 3.63) is 42.0 Å². The Hall–Kier alpha value is -1.57. The van der Waals surface area contributed by atoms with Crippen molar-refractivity contribution in [3.63, 3.8) is 0 Å². The van der Waals surface area contributed by atoms with Gasteiger partial charge in [0.1, 0.15) is 0 Å². The van der Waals surface area contributed by atoms with Gasteiger partial charge in [-0.2, -0.15) is 0 Å². The highest BCUT2D eigenvalue weighted by atomic mass is 16.5. The quantitative estimate of drug-likeness (QED) is 0.723. The maximum absolute atomic E-state index is 11.5. The zero-order valence-electron chi connectivity index (χ0n) is 9.48. The van der Waals surface area contributed by atoms with Gasteiger partial charge in [-0.05, 0) is 30.4 Å². The molecule has 2 nitrogen and oxygen atoms in total. The molecule has 2 rings (SSSR count). The van der Waals surface area contributed by atoms with Gasteiger partial charge in [0, 0.05) is 0 Å². The minimum absolute atomic E-state index is 0.0553. The van der Waals surface area contributed by atoms with Crippen LogP contribution in [0.1, 0.15) is 30.4 Å². The number of carbonyl (C=O) groups excluding carboxylic acids is 1. The van der Waals surface area contributed by atoms with Gasteiger partial charge in [0.25, 0.3) is 0 Å². The molecule has 1 saturated carbocycles. The number of ether oxygens (including phenoxy) is 1. The van der Waals surface area contributed by atoms with Crippen LogP contribution in [0, 0.1) is 5.92 Å². The lowest BCUT2D eigenvalue weighted by atomic mass is 10.1. The Balaban J connectivity index is 2.00. The minimum atomic E-state index is -0.0553. The Morgan fingerprint density at radius 3 is 2.75 bits per heavy atom. The van der Waals surface area contributed by atoms with E-state index in [1.807, 2.05) is 25.1 Å². The molecule has 0 heterocycles. The highest BCUT2D eigenvalue weighted by molar-refractivity contribution is 5.77. The van der Waals surface area contributed by atoms with Gasteiger partial charge in [0.05, 0.1) is 12.5 Å². The Morgan fingerprint density at radius 2 is 2.19 bits per heavy atom. The van der Waals surface area contributed by atoms with Crippen LogP contribution in [0.2, 0.25) is 0 Å². The van der Waals surface area contributed by atoms with Crippen molar-refractivity contribution in [2.75, 3.05) is 6.61 Å². The van der Waals surface area contributed by atoms with E-state index in [0.717, 1.165) is 12.0 Å². The van der Waals surface area contributed by atoms with Gasteiger partial charge in [0.15, 0.2) is 0 Å². The molecule has 1 aliphatic rings. The SMILES string of the molecule is C=Cc1ccc([C@@H]2C[C@H]2C(=O)OCC)cc1. The number of esters is 1. The molecule has 0 radical (unpaired) electrons. The Kier molecular flexibility index (Phi) is 3.09. The molecule has 0 unspecified atom stereocenters. The van der Waals surface area contributed by atoms with Crippen LogP contribution in [0.15, 0.2) is 30.8 Å². The molecule has 1 aliphatic carbocycles. The van der Waals surface area contributed by atoms with Crippen molar-refractivity contribution in [3.8, 4) is 0 Å². The van der Waals surface area contributed by atoms with Crippen LogP contribution in [0.5, 0.6) is 0 Å². The molecule has 0 bridgehead atoms. The van der Waals surface area contributed by atoms with Crippen molar-refractivity contribution in [2.45, 2.75) is 19.3 Å². The molecule has 0 spiro atoms. The molecular formula is C14H16O2. The molecule has 0 saturated heterocycles. The van der Waals surface area contributed by atoms with Crippen molar-refractivity contribution in [1.29, 1.82) is 0 Å². The number of rotatable bonds is 4. The third-order valence-corrected chi connectivity index (χ3v) is 2.98. The lowest BCUT2D eigenvalue weighted by molar-refractivity contribution is -0.144. The summed E-state index contributed by atoms with van der Waals surface area (Å²) in [6.07, 6.45) is 2.74. The topological polar surface area (TPSA) is 26.3 Å². The van der Waals surface area contributed by atoms with E-state index in [0.29, 0.717) is 12.5 Å². The smallest absolute Gasteiger partial charge is 0.309 e. The van der Waals surface area contributed by atoms with Gasteiger partial charge in [-0.1, -0.05) is 36.9 Å². The molecule has 0 amide bonds. The summed E-state index contributed by atoms with van der Waals surface area (Å²) >= 11 is 0. The van der Waals surface area contributed by atoms with Crippen LogP contribution in [-0.2, 0) is 9.53 Å². The number of hydrogen-bond donors (Lipinski definition) is 0. The fourth-order valence-electron chi connectivity index (χ4n) is 1.95. The van der Waals surface area contributed by atoms with Crippen LogP contribution >= 0.6 is 0 Å². The first-order valence-electron chi connectivity index (χ1n) is 5.65. The summed E-state index contributed by atoms with van der Waals surface area (Å²) in [6, 6.07) is 8.20. The number of carbonyl (C=O) groups is 1. The van der Waals surface area contributed by atoms with Gasteiger partial charge in [-0.15, -0.1) is 0 Å². The number of hydrogen-bond acceptors (Lipinski definition) is 2. The summed E-state index contributed by atoms with van der Waals surface area (Å²) in [4.78, 5) is 11.5. The minimum Gasteiger partial charge on any atom is -0.466 e. The van der Waals surface area contributed by atoms with E-state index in [4.69, 9.17) is 4.74 Å². The molecule has 16 heavy (non-hydrogen) atoms. The molecule has 1 aromatic carbocycles. The monoisotopic (exact) mass is 216 g/mol. The predicted molar refractivity (Wildman–Crippen MR) is 64.0 cm³/mol. The Morgan fingerprint density at radius 1 is 1.50 bits per heavy atom. The molecular weight excluding hydrogens is 200 g/mol. The molecule has 2 atom stereocenters. The van der Waals surface area contributed by atoms with Crippen LogP contribution in [0.25, 0.3) is 6.08 Å². The van der Waals surface area contributed by atoms with E-state index >= 15 is 0 Å². The fraction of sp³-hybridized carbons (Fsp3) is 0.357. The largest absolute Gasteiger partial charge is 0.466 e. The van der Waals surface area contributed by atoms with Crippen LogP contribution in [0.4, 0.5) is 0 Å². The van der Waals surface area contributed by atoms with Gasteiger partial charge in [-0.25, -0.2) is 0 Å². The molecule has 2 heteroatoms. The van der Waals surface area contributed by atoms with Crippen molar-refractivity contribution in [2.24, 2.45) is 5.92 Å². The maximum Gasteiger partial charge on any atom is 0.309 e. The second-order valence-electron chi connectivity index (χ2n) is 4.07. The summed E-state index contributed by atoms with van der Waals surface area (Å²) in [5, 5.41) is 0. The first-order chi connectivity index (χ1) is 7.76. The lowest BCUT2D eigenvalue weighted by Gasteiger charge is -2.02. The molecule has 1 fully saturated rings. The molecule has 84 valence electrons. The zero-order chi connectivity index (χ0) is 11.5. The predicted octanol–water partition coefficient (Wildman–Crippen LogP) is 3.00. The summed E-state index contributed by atoms with van der Waals surface area (Å²) in [6.45, 7) is 6.03. The normalized spacial score (nSPS) is 22.6. The van der Waals surface area contributed by atoms with Gasteiger partial charge in [-0.3, -0.25) is 4.79 Å². The Bertz CT molecular complexity index is 392. The van der Waals surface area contributed by atoms with Crippen molar-refractivity contribution in [1.82, 2.24) is 0 Å². The van der Waals surface area contributed by atoms with E-state index < -0.39 is 0 Å². The van der Waals surface area contributed by atoms with E-state index in [-0.39, 0.29) is 11.9 Å². The van der Waals surface area contributed by atoms with E-state index in [2.05, 4.69) is 18.7 Å². The fourth-order valence-corrected chi connectivity index (χ4v) is 1.95. The van der Waals surface area contributed by atoms with Crippen LogP contribution in [0.3, 0.4) is 0 Å². The first kappa shape index (κ1) is 10.9. The molecule has 0 N–H and O–H groups in total. The van der Waals surface area contributed by atoms with Gasteiger partial charge in [0.2, 0.25) is 0 Å². The lowest BCUT2D eigenvalue weighted by Crippen LogP contribution is -2.07. The average molecular weight is 216 g/mol. The van der Waals surface area contributed by atoms with Gasteiger partial charge < -0.3 is 4.74 Å². The van der Waals surface area contributed by atoms with E-state index in [9.17, 15) is 4.79 Å². The Labute approximate surface area is 95.9 Å². The van der Waals surface area contributed by atoms with E-state index in [1.54, 1.807) is 0 Å². The summed E-state index contributed by atoms with van der Waals surface area (Å²) in [7, 11) is 0. The highest BCUT2D eigenvalue weighted by Gasteiger charge is 2.44. The second-order valence-corrected chi connectivity index (χ2v) is 4.07. The van der Waals surface area contributed by atoms with Crippen molar-refractivity contribution < 1.29 is 9.53 Å². The van der Waals surface area contributed by atoms with Crippen LogP contribution in [-0.4, -0.2) is 12.6 Å². The second kappa shape index (κ2) is 4.52.